The molecule has 3 aromatic carbocycles. The Labute approximate surface area is 201 Å². The number of aromatic amines is 1. The molecule has 0 bridgehead atoms. The van der Waals surface area contributed by atoms with Gasteiger partial charge in [0.1, 0.15) is 5.75 Å². The number of para-hydroxylation sites is 2. The summed E-state index contributed by atoms with van der Waals surface area (Å²) < 4.78 is 5.68. The molecule has 6 rings (SSSR count). The van der Waals surface area contributed by atoms with Crippen LogP contribution in [0.4, 0.5) is 10.5 Å². The standard InChI is InChI=1S/C27H22ClN3O3/c1-27-24-23(19-11-3-5-12-21(19)29-24)20(18-10-4-6-13-22(18)34-2)15-30(27)26(33)31(25(27)32)17-9-7-8-16(28)14-17/h3-14,20,29H,15H2,1-2H3. The number of aromatic nitrogens is 1. The second kappa shape index (κ2) is 7.37. The van der Waals surface area contributed by atoms with Crippen molar-refractivity contribution in [2.24, 2.45) is 0 Å². The van der Waals surface area contributed by atoms with Gasteiger partial charge in [-0.3, -0.25) is 4.79 Å². The molecule has 0 aliphatic carbocycles. The summed E-state index contributed by atoms with van der Waals surface area (Å²) in [5.41, 5.74) is 2.94. The van der Waals surface area contributed by atoms with Gasteiger partial charge >= 0.3 is 6.03 Å². The van der Waals surface area contributed by atoms with Crippen molar-refractivity contribution in [3.63, 3.8) is 0 Å². The minimum atomic E-state index is -1.17. The van der Waals surface area contributed by atoms with E-state index in [1.807, 2.05) is 49.4 Å². The molecular weight excluding hydrogens is 450 g/mol. The Morgan fingerprint density at radius 1 is 1.03 bits per heavy atom. The van der Waals surface area contributed by atoms with Gasteiger partial charge < -0.3 is 14.6 Å². The van der Waals surface area contributed by atoms with E-state index in [0.717, 1.165) is 33.5 Å². The Morgan fingerprint density at radius 3 is 2.59 bits per heavy atom. The third-order valence-corrected chi connectivity index (χ3v) is 7.34. The largest absolute Gasteiger partial charge is 0.496 e. The molecule has 1 fully saturated rings. The summed E-state index contributed by atoms with van der Waals surface area (Å²) in [5.74, 6) is 0.273. The number of nitrogens with zero attached hydrogens (tertiary/aromatic N) is 2. The maximum atomic E-state index is 14.0. The molecule has 170 valence electrons. The zero-order chi connectivity index (χ0) is 23.6. The monoisotopic (exact) mass is 471 g/mol. The fourth-order valence-corrected chi connectivity index (χ4v) is 5.65. The van der Waals surface area contributed by atoms with Crippen molar-refractivity contribution in [2.75, 3.05) is 18.6 Å². The molecule has 6 nitrogen and oxygen atoms in total. The van der Waals surface area contributed by atoms with Crippen LogP contribution in [0.5, 0.6) is 5.75 Å². The average Bonchev–Trinajstić information content (AvgIpc) is 3.33. The summed E-state index contributed by atoms with van der Waals surface area (Å²) in [6, 6.07) is 22.3. The Balaban J connectivity index is 1.60. The molecule has 1 aromatic heterocycles. The van der Waals surface area contributed by atoms with Gasteiger partial charge in [0.25, 0.3) is 5.91 Å². The summed E-state index contributed by atoms with van der Waals surface area (Å²) in [6.45, 7) is 2.16. The number of rotatable bonds is 3. The van der Waals surface area contributed by atoms with Crippen LogP contribution in [0.3, 0.4) is 0 Å². The van der Waals surface area contributed by atoms with E-state index in [1.54, 1.807) is 36.3 Å². The number of imide groups is 1. The first kappa shape index (κ1) is 20.8. The first-order valence-corrected chi connectivity index (χ1v) is 11.5. The molecule has 2 aliphatic heterocycles. The van der Waals surface area contributed by atoms with Crippen LogP contribution in [0.15, 0.2) is 72.8 Å². The number of benzene rings is 3. The fraction of sp³-hybridized carbons (Fsp3) is 0.185. The van der Waals surface area contributed by atoms with Gasteiger partial charge in [-0.1, -0.05) is 54.1 Å². The van der Waals surface area contributed by atoms with Crippen LogP contribution in [-0.4, -0.2) is 35.5 Å². The van der Waals surface area contributed by atoms with Crippen molar-refractivity contribution in [1.82, 2.24) is 9.88 Å². The van der Waals surface area contributed by atoms with E-state index in [9.17, 15) is 9.59 Å². The van der Waals surface area contributed by atoms with Gasteiger partial charge in [0.15, 0.2) is 5.54 Å². The van der Waals surface area contributed by atoms with Gasteiger partial charge in [0, 0.05) is 34.0 Å². The third-order valence-electron chi connectivity index (χ3n) is 7.11. The molecule has 7 heteroatoms. The van der Waals surface area contributed by atoms with Gasteiger partial charge in [0.2, 0.25) is 0 Å². The smallest absolute Gasteiger partial charge is 0.332 e. The number of amides is 3. The third kappa shape index (κ3) is 2.69. The van der Waals surface area contributed by atoms with Crippen LogP contribution in [-0.2, 0) is 10.3 Å². The molecule has 0 spiro atoms. The van der Waals surface area contributed by atoms with Crippen molar-refractivity contribution in [1.29, 1.82) is 0 Å². The SMILES string of the molecule is COc1ccccc1C1CN2C(=O)N(c3cccc(Cl)c3)C(=O)C2(C)c2[nH]c3ccccc3c21. The summed E-state index contributed by atoms with van der Waals surface area (Å²) in [4.78, 5) is 34.1. The number of carbonyl (C=O) groups is 2. The highest BCUT2D eigenvalue weighted by atomic mass is 35.5. The Morgan fingerprint density at radius 2 is 1.79 bits per heavy atom. The predicted molar refractivity (Wildman–Crippen MR) is 132 cm³/mol. The van der Waals surface area contributed by atoms with E-state index >= 15 is 0 Å². The lowest BCUT2D eigenvalue weighted by molar-refractivity contribution is -0.125. The molecule has 1 saturated heterocycles. The van der Waals surface area contributed by atoms with E-state index in [4.69, 9.17) is 16.3 Å². The number of carbonyl (C=O) groups excluding carboxylic acids is 2. The van der Waals surface area contributed by atoms with Crippen molar-refractivity contribution in [2.45, 2.75) is 18.4 Å². The molecule has 4 aromatic rings. The molecular formula is C27H22ClN3O3. The second-order valence-electron chi connectivity index (χ2n) is 8.84. The Hall–Kier alpha value is -3.77. The molecule has 3 amide bonds. The van der Waals surface area contributed by atoms with Gasteiger partial charge in [-0.25, -0.2) is 9.69 Å². The van der Waals surface area contributed by atoms with Crippen LogP contribution < -0.4 is 9.64 Å². The second-order valence-corrected chi connectivity index (χ2v) is 9.28. The minimum absolute atomic E-state index is 0.175. The van der Waals surface area contributed by atoms with Crippen molar-refractivity contribution >= 4 is 40.1 Å². The van der Waals surface area contributed by atoms with Crippen LogP contribution in [0.1, 0.15) is 29.7 Å². The normalized spacial score (nSPS) is 21.7. The van der Waals surface area contributed by atoms with Crippen molar-refractivity contribution in [3.05, 3.63) is 94.6 Å². The lowest BCUT2D eigenvalue weighted by Gasteiger charge is -2.40. The quantitative estimate of drug-likeness (QED) is 0.392. The number of fused-ring (bicyclic) bond motifs is 5. The summed E-state index contributed by atoms with van der Waals surface area (Å²) in [6.07, 6.45) is 0. The molecule has 3 heterocycles. The predicted octanol–water partition coefficient (Wildman–Crippen LogP) is 5.66. The number of hydrogen-bond acceptors (Lipinski definition) is 3. The minimum Gasteiger partial charge on any atom is -0.496 e. The Kier molecular flexibility index (Phi) is 4.51. The fourth-order valence-electron chi connectivity index (χ4n) is 5.47. The molecule has 0 saturated carbocycles. The summed E-state index contributed by atoms with van der Waals surface area (Å²) in [5, 5.41) is 1.50. The molecule has 0 radical (unpaired) electrons. The summed E-state index contributed by atoms with van der Waals surface area (Å²) in [7, 11) is 1.65. The topological polar surface area (TPSA) is 65.6 Å². The van der Waals surface area contributed by atoms with Gasteiger partial charge in [-0.2, -0.15) is 0 Å². The lowest BCUT2D eigenvalue weighted by atomic mass is 9.78. The van der Waals surface area contributed by atoms with E-state index in [1.165, 1.54) is 4.90 Å². The number of anilines is 1. The number of halogens is 1. The Bertz CT molecular complexity index is 1480. The number of H-pyrrole nitrogens is 1. The highest BCUT2D eigenvalue weighted by molar-refractivity contribution is 6.31. The number of hydrogen-bond donors (Lipinski definition) is 1. The number of nitrogens with one attached hydrogen (secondary N) is 1. The van der Waals surface area contributed by atoms with Crippen molar-refractivity contribution < 1.29 is 14.3 Å². The molecule has 2 unspecified atom stereocenters. The highest BCUT2D eigenvalue weighted by Gasteiger charge is 2.60. The van der Waals surface area contributed by atoms with Crippen LogP contribution in [0.2, 0.25) is 5.02 Å². The van der Waals surface area contributed by atoms with Crippen LogP contribution >= 0.6 is 11.6 Å². The van der Waals surface area contributed by atoms with E-state index in [2.05, 4.69) is 11.1 Å². The first-order valence-electron chi connectivity index (χ1n) is 11.1. The number of methoxy groups -OCH3 is 1. The van der Waals surface area contributed by atoms with Gasteiger partial charge in [0.05, 0.1) is 18.5 Å². The lowest BCUT2D eigenvalue weighted by Crippen LogP contribution is -2.50. The number of ether oxygens (including phenoxy) is 1. The molecule has 1 N–H and O–H groups in total. The zero-order valence-electron chi connectivity index (χ0n) is 18.7. The maximum absolute atomic E-state index is 14.0. The van der Waals surface area contributed by atoms with E-state index < -0.39 is 5.54 Å². The van der Waals surface area contributed by atoms with Crippen LogP contribution in [0, 0.1) is 0 Å². The van der Waals surface area contributed by atoms with E-state index in [-0.39, 0.29) is 17.9 Å². The van der Waals surface area contributed by atoms with Crippen LogP contribution in [0.25, 0.3) is 10.9 Å². The highest BCUT2D eigenvalue weighted by Crippen LogP contribution is 2.51. The first-order chi connectivity index (χ1) is 16.4. The van der Waals surface area contributed by atoms with Gasteiger partial charge in [-0.15, -0.1) is 0 Å². The van der Waals surface area contributed by atoms with Gasteiger partial charge in [-0.05, 0) is 42.8 Å². The molecule has 2 atom stereocenters. The molecule has 34 heavy (non-hydrogen) atoms. The van der Waals surface area contributed by atoms with Crippen molar-refractivity contribution in [3.8, 4) is 5.75 Å². The zero-order valence-corrected chi connectivity index (χ0v) is 19.5. The molecule has 2 aliphatic rings. The number of urea groups is 1. The van der Waals surface area contributed by atoms with E-state index in [0.29, 0.717) is 17.3 Å². The maximum Gasteiger partial charge on any atom is 0.332 e. The average molecular weight is 472 g/mol. The summed E-state index contributed by atoms with van der Waals surface area (Å²) >= 11 is 6.19.